The van der Waals surface area contributed by atoms with E-state index >= 15 is 0 Å². The first kappa shape index (κ1) is 10.2. The summed E-state index contributed by atoms with van der Waals surface area (Å²) in [5.41, 5.74) is 2.97. The van der Waals surface area contributed by atoms with Crippen LogP contribution in [-0.4, -0.2) is 16.3 Å². The van der Waals surface area contributed by atoms with Crippen LogP contribution >= 0.6 is 0 Å². The van der Waals surface area contributed by atoms with Crippen LogP contribution in [0.1, 0.15) is 30.8 Å². The molecule has 0 spiro atoms. The van der Waals surface area contributed by atoms with Crippen LogP contribution in [0.5, 0.6) is 0 Å². The van der Waals surface area contributed by atoms with E-state index in [1.807, 2.05) is 4.68 Å². The predicted molar refractivity (Wildman–Crippen MR) is 57.2 cm³/mol. The maximum absolute atomic E-state index is 9.14. The van der Waals surface area contributed by atoms with Gasteiger partial charge in [-0.3, -0.25) is 4.68 Å². The minimum absolute atomic E-state index is 0.520. The Kier molecular flexibility index (Phi) is 2.74. The van der Waals surface area contributed by atoms with Gasteiger partial charge >= 0.3 is 0 Å². The van der Waals surface area contributed by atoms with E-state index in [9.17, 15) is 0 Å². The number of aromatic nitrogens is 2. The van der Waals surface area contributed by atoms with Crippen molar-refractivity contribution >= 4 is 0 Å². The van der Waals surface area contributed by atoms with E-state index in [0.29, 0.717) is 5.92 Å². The Balaban J connectivity index is 2.38. The van der Waals surface area contributed by atoms with E-state index in [2.05, 4.69) is 30.3 Å². The summed E-state index contributed by atoms with van der Waals surface area (Å²) in [4.78, 5) is 0. The molecule has 80 valence electrons. The van der Waals surface area contributed by atoms with Crippen molar-refractivity contribution < 1.29 is 0 Å². The second kappa shape index (κ2) is 4.03. The maximum atomic E-state index is 9.14. The minimum Gasteiger partial charge on any atom is -0.311 e. The number of nitrogens with one attached hydrogen (secondary N) is 1. The summed E-state index contributed by atoms with van der Waals surface area (Å²) < 4.78 is 1.86. The van der Waals surface area contributed by atoms with Gasteiger partial charge in [0.2, 0.25) is 0 Å². The van der Waals surface area contributed by atoms with Crippen molar-refractivity contribution in [3.8, 4) is 6.07 Å². The van der Waals surface area contributed by atoms with Crippen LogP contribution in [-0.2, 0) is 19.5 Å². The first-order valence-electron chi connectivity index (χ1n) is 5.41. The van der Waals surface area contributed by atoms with Gasteiger partial charge in [-0.2, -0.15) is 10.4 Å². The molecule has 4 nitrogen and oxygen atoms in total. The molecule has 2 rings (SSSR count). The van der Waals surface area contributed by atoms with Crippen molar-refractivity contribution in [2.75, 3.05) is 6.54 Å². The van der Waals surface area contributed by atoms with E-state index in [1.165, 1.54) is 0 Å². The monoisotopic (exact) mass is 204 g/mol. The summed E-state index contributed by atoms with van der Waals surface area (Å²) in [5.74, 6) is 0.520. The summed E-state index contributed by atoms with van der Waals surface area (Å²) in [6, 6.07) is 2.28. The summed E-state index contributed by atoms with van der Waals surface area (Å²) in [6.45, 7) is 6.86. The van der Waals surface area contributed by atoms with Crippen LogP contribution in [0.25, 0.3) is 0 Å². The Morgan fingerprint density at radius 1 is 1.60 bits per heavy atom. The van der Waals surface area contributed by atoms with Crippen molar-refractivity contribution in [1.82, 2.24) is 15.1 Å². The highest BCUT2D eigenvalue weighted by atomic mass is 15.3. The number of hydrogen-bond acceptors (Lipinski definition) is 3. The van der Waals surface area contributed by atoms with Gasteiger partial charge in [-0.1, -0.05) is 13.8 Å². The molecule has 15 heavy (non-hydrogen) atoms. The molecule has 0 fully saturated rings. The second-order valence-corrected chi connectivity index (χ2v) is 4.39. The molecule has 1 N–H and O–H groups in total. The van der Waals surface area contributed by atoms with Crippen LogP contribution < -0.4 is 5.32 Å². The zero-order valence-electron chi connectivity index (χ0n) is 9.25. The Bertz CT molecular complexity index is 397. The van der Waals surface area contributed by atoms with E-state index < -0.39 is 0 Å². The lowest BCUT2D eigenvalue weighted by atomic mass is 10.1. The number of fused-ring (bicyclic) bond motifs is 1. The van der Waals surface area contributed by atoms with Crippen LogP contribution in [0, 0.1) is 17.2 Å². The lowest BCUT2D eigenvalue weighted by Gasteiger charge is -2.10. The van der Waals surface area contributed by atoms with E-state index in [1.54, 1.807) is 0 Å². The molecule has 1 aliphatic heterocycles. The Hall–Kier alpha value is -1.34. The summed E-state index contributed by atoms with van der Waals surface area (Å²) >= 11 is 0. The molecular weight excluding hydrogens is 188 g/mol. The zero-order valence-corrected chi connectivity index (χ0v) is 9.25. The lowest BCUT2D eigenvalue weighted by Crippen LogP contribution is -2.23. The average molecular weight is 204 g/mol. The molecule has 1 aromatic heterocycles. The third-order valence-electron chi connectivity index (χ3n) is 2.62. The molecule has 0 saturated carbocycles. The van der Waals surface area contributed by atoms with E-state index in [0.717, 1.165) is 43.0 Å². The molecule has 4 heteroatoms. The van der Waals surface area contributed by atoms with Gasteiger partial charge < -0.3 is 5.32 Å². The highest BCUT2D eigenvalue weighted by Crippen LogP contribution is 2.18. The van der Waals surface area contributed by atoms with Crippen molar-refractivity contribution in [3.05, 3.63) is 17.0 Å². The number of hydrogen-bond donors (Lipinski definition) is 1. The topological polar surface area (TPSA) is 53.6 Å². The van der Waals surface area contributed by atoms with Gasteiger partial charge in [0.15, 0.2) is 0 Å². The summed E-state index contributed by atoms with van der Waals surface area (Å²) in [5, 5.41) is 16.9. The number of nitriles is 1. The van der Waals surface area contributed by atoms with Crippen molar-refractivity contribution in [2.45, 2.75) is 33.4 Å². The van der Waals surface area contributed by atoms with Gasteiger partial charge in [0.05, 0.1) is 5.69 Å². The Labute approximate surface area is 89.9 Å². The summed E-state index contributed by atoms with van der Waals surface area (Å²) in [6.07, 6.45) is 0.927. The lowest BCUT2D eigenvalue weighted by molar-refractivity contribution is 0.475. The maximum Gasteiger partial charge on any atom is 0.142 e. The SMILES string of the molecule is CC(C)Cn1nc2c(c1C#N)CCNC2. The Morgan fingerprint density at radius 3 is 3.07 bits per heavy atom. The van der Waals surface area contributed by atoms with Gasteiger partial charge in [-0.15, -0.1) is 0 Å². The highest BCUT2D eigenvalue weighted by molar-refractivity contribution is 5.37. The number of nitrogens with zero attached hydrogens (tertiary/aromatic N) is 3. The van der Waals surface area contributed by atoms with Gasteiger partial charge in [-0.25, -0.2) is 0 Å². The van der Waals surface area contributed by atoms with Gasteiger partial charge in [0.25, 0.3) is 0 Å². The minimum atomic E-state index is 0.520. The van der Waals surface area contributed by atoms with Crippen LogP contribution in [0.15, 0.2) is 0 Å². The molecule has 2 heterocycles. The molecule has 1 aliphatic rings. The molecule has 0 atom stereocenters. The predicted octanol–water partition coefficient (Wildman–Crippen LogP) is 1.06. The van der Waals surface area contributed by atoms with Gasteiger partial charge in [0, 0.05) is 18.7 Å². The Morgan fingerprint density at radius 2 is 2.40 bits per heavy atom. The smallest absolute Gasteiger partial charge is 0.142 e. The number of rotatable bonds is 2. The molecule has 0 bridgehead atoms. The zero-order chi connectivity index (χ0) is 10.8. The van der Waals surface area contributed by atoms with Crippen molar-refractivity contribution in [3.63, 3.8) is 0 Å². The van der Waals surface area contributed by atoms with Crippen LogP contribution in [0.3, 0.4) is 0 Å². The van der Waals surface area contributed by atoms with Gasteiger partial charge in [-0.05, 0) is 18.9 Å². The molecule has 0 amide bonds. The van der Waals surface area contributed by atoms with E-state index in [4.69, 9.17) is 5.26 Å². The fraction of sp³-hybridized carbons (Fsp3) is 0.636. The first-order valence-corrected chi connectivity index (χ1v) is 5.41. The van der Waals surface area contributed by atoms with E-state index in [-0.39, 0.29) is 0 Å². The summed E-state index contributed by atoms with van der Waals surface area (Å²) in [7, 11) is 0. The van der Waals surface area contributed by atoms with Crippen LogP contribution in [0.2, 0.25) is 0 Å². The third kappa shape index (κ3) is 1.88. The molecule has 0 aromatic carbocycles. The fourth-order valence-corrected chi connectivity index (χ4v) is 1.98. The molecule has 0 radical (unpaired) electrons. The normalized spacial score (nSPS) is 15.1. The highest BCUT2D eigenvalue weighted by Gasteiger charge is 2.20. The standard InChI is InChI=1S/C11H16N4/c1-8(2)7-15-11(5-12)9-3-4-13-6-10(9)14-15/h8,13H,3-4,6-7H2,1-2H3. The van der Waals surface area contributed by atoms with Crippen molar-refractivity contribution in [2.24, 2.45) is 5.92 Å². The first-order chi connectivity index (χ1) is 7.22. The second-order valence-electron chi connectivity index (χ2n) is 4.39. The largest absolute Gasteiger partial charge is 0.311 e. The molecule has 0 aliphatic carbocycles. The molecule has 0 saturated heterocycles. The molecular formula is C11H16N4. The quantitative estimate of drug-likeness (QED) is 0.783. The van der Waals surface area contributed by atoms with Gasteiger partial charge in [0.1, 0.15) is 11.8 Å². The molecule has 0 unspecified atom stereocenters. The van der Waals surface area contributed by atoms with Crippen molar-refractivity contribution in [1.29, 1.82) is 5.26 Å². The average Bonchev–Trinajstić information content (AvgIpc) is 2.53. The molecule has 1 aromatic rings. The fourth-order valence-electron chi connectivity index (χ4n) is 1.98. The van der Waals surface area contributed by atoms with Crippen LogP contribution in [0.4, 0.5) is 0 Å². The third-order valence-corrected chi connectivity index (χ3v) is 2.62.